The predicted octanol–water partition coefficient (Wildman–Crippen LogP) is 8.15. The highest BCUT2D eigenvalue weighted by molar-refractivity contribution is 9.09. The number of hydrogen-bond donors (Lipinski definition) is 3. The topological polar surface area (TPSA) is 130 Å². The molecule has 10 fully saturated rings. The summed E-state index contributed by atoms with van der Waals surface area (Å²) in [5.74, 6) is 9.74. The molecule has 0 aromatic carbocycles. The van der Waals surface area contributed by atoms with E-state index in [1.54, 1.807) is 13.8 Å². The van der Waals surface area contributed by atoms with Crippen molar-refractivity contribution in [2.75, 3.05) is 64.2 Å². The van der Waals surface area contributed by atoms with Crippen LogP contribution in [0.5, 0.6) is 0 Å². The molecule has 10 nitrogen and oxygen atoms in total. The highest BCUT2D eigenvalue weighted by atomic mass is 79.9. The molecule has 0 radical (unpaired) electrons. The molecule has 10 rings (SSSR count). The van der Waals surface area contributed by atoms with E-state index < -0.39 is 11.2 Å². The maximum Gasteiger partial charge on any atom is 0.219 e. The zero-order chi connectivity index (χ0) is 46.5. The molecule has 2 heterocycles. The zero-order valence-corrected chi connectivity index (χ0v) is 43.1. The minimum Gasteiger partial charge on any atom is -0.390 e. The van der Waals surface area contributed by atoms with Crippen LogP contribution in [-0.4, -0.2) is 124 Å². The largest absolute Gasteiger partial charge is 0.390 e. The third-order valence-corrected chi connectivity index (χ3v) is 21.7. The number of piperazine rings is 2. The van der Waals surface area contributed by atoms with Gasteiger partial charge in [-0.05, 0) is 199 Å². The quantitative estimate of drug-likeness (QED) is 0.236. The van der Waals surface area contributed by atoms with Crippen LogP contribution in [0.2, 0.25) is 0 Å². The number of rotatable bonds is 5. The summed E-state index contributed by atoms with van der Waals surface area (Å²) in [4.78, 5) is 54.3. The number of aliphatic hydroxyl groups is 2. The Kier molecular flexibility index (Phi) is 15.5. The van der Waals surface area contributed by atoms with Crippen LogP contribution in [-0.2, 0) is 19.2 Å². The van der Waals surface area contributed by atoms with Crippen molar-refractivity contribution in [3.63, 3.8) is 0 Å². The first-order chi connectivity index (χ1) is 30.8. The monoisotopic (exact) mass is 969 g/mol. The Hall–Kier alpha value is -1.40. The van der Waals surface area contributed by atoms with Crippen LogP contribution in [0.25, 0.3) is 0 Å². The smallest absolute Gasteiger partial charge is 0.219 e. The Morgan fingerprint density at radius 2 is 0.954 bits per heavy atom. The third-order valence-electron chi connectivity index (χ3n) is 21.1. The molecule has 0 spiro atoms. The number of alkyl halides is 1. The van der Waals surface area contributed by atoms with Crippen LogP contribution in [0.15, 0.2) is 0 Å². The van der Waals surface area contributed by atoms with Gasteiger partial charge in [0, 0.05) is 78.0 Å². The van der Waals surface area contributed by atoms with Crippen LogP contribution in [0.3, 0.4) is 0 Å². The number of nitrogens with zero attached hydrogens (tertiary/aromatic N) is 3. The average Bonchev–Trinajstić information content (AvgIpc) is 3.83. The molecule has 8 aliphatic carbocycles. The number of carbonyl (C=O) groups excluding carboxylic acids is 4. The molecule has 65 heavy (non-hydrogen) atoms. The van der Waals surface area contributed by atoms with Gasteiger partial charge in [-0.15, -0.1) is 0 Å². The molecule has 2 saturated heterocycles. The molecule has 3 N–H and O–H groups in total. The summed E-state index contributed by atoms with van der Waals surface area (Å²) in [6.45, 7) is 19.6. The van der Waals surface area contributed by atoms with Gasteiger partial charge in [0.2, 0.25) is 11.8 Å². The number of hydrogen-bond acceptors (Lipinski definition) is 8. The fourth-order valence-corrected chi connectivity index (χ4v) is 18.2. The van der Waals surface area contributed by atoms with Crippen LogP contribution in [0.1, 0.15) is 157 Å². The Balaban J connectivity index is 0.000000153. The van der Waals surface area contributed by atoms with Gasteiger partial charge >= 0.3 is 0 Å². The first kappa shape index (κ1) is 50.0. The lowest BCUT2D eigenvalue weighted by Gasteiger charge is -2.57. The Bertz CT molecular complexity index is 1710. The molecular weight excluding hydrogens is 881 g/mol. The van der Waals surface area contributed by atoms with Gasteiger partial charge in [0.05, 0.1) is 23.1 Å². The van der Waals surface area contributed by atoms with Crippen molar-refractivity contribution < 1.29 is 29.4 Å². The van der Waals surface area contributed by atoms with E-state index in [0.29, 0.717) is 35.3 Å². The molecule has 10 aliphatic rings. The molecule has 0 unspecified atom stereocenters. The maximum absolute atomic E-state index is 13.5. The van der Waals surface area contributed by atoms with E-state index in [2.05, 4.69) is 40.0 Å². The van der Waals surface area contributed by atoms with Gasteiger partial charge in [-0.2, -0.15) is 0 Å². The lowest BCUT2D eigenvalue weighted by atomic mass is 9.49. The van der Waals surface area contributed by atoms with Gasteiger partial charge in [-0.1, -0.05) is 29.8 Å². The lowest BCUT2D eigenvalue weighted by molar-refractivity contribution is -0.135. The molecule has 11 heteroatoms. The number of nitrogens with one attached hydrogen (secondary N) is 1. The van der Waals surface area contributed by atoms with Crippen molar-refractivity contribution in [3.05, 3.63) is 0 Å². The highest BCUT2D eigenvalue weighted by Crippen LogP contribution is 2.66. The number of ketones is 2. The van der Waals surface area contributed by atoms with Gasteiger partial charge in [0.15, 0.2) is 0 Å². The van der Waals surface area contributed by atoms with Crippen LogP contribution >= 0.6 is 15.9 Å². The van der Waals surface area contributed by atoms with Crippen molar-refractivity contribution in [2.24, 2.45) is 81.8 Å². The minimum absolute atomic E-state index is 0.148. The van der Waals surface area contributed by atoms with E-state index >= 15 is 0 Å². The van der Waals surface area contributed by atoms with Crippen molar-refractivity contribution in [2.45, 2.75) is 168 Å². The molecule has 0 aromatic heterocycles. The van der Waals surface area contributed by atoms with E-state index in [0.717, 1.165) is 144 Å². The number of carbonyl (C=O) groups is 4. The highest BCUT2D eigenvalue weighted by Gasteiger charge is 2.60. The van der Waals surface area contributed by atoms with E-state index in [-0.39, 0.29) is 28.6 Å². The van der Waals surface area contributed by atoms with Crippen LogP contribution in [0, 0.1) is 81.8 Å². The van der Waals surface area contributed by atoms with Crippen molar-refractivity contribution in [1.82, 2.24) is 20.0 Å². The standard InChI is InChI=1S/C27H44N2O3.C21H33BrO2.C6H12N2O/c1-18(30)29-14-12-28(13-15-29)17-25(31)24-7-6-23-22-5-4-19-16-26(2,32)10-8-20(19)21(22)9-11-27(23,24)3;1-20(24)9-7-14-13(11-20)3-4-16-15(14)8-10-21(2)17(16)5-6-18(21)19(23)12-22;1-6(9)8-4-2-7-3-5-8/h19-24,32H,4-17H2,1-3H3;13-18,24H,3-12H2,1-2H3;7H,2-5H2,1H3/t19-,20+,21-,22-,23+,24-,26-,27+;13-,14+,15-,16-,17+,18-,20-,21+;/m11./s1. The fraction of sp³-hybridized carbons (Fsp3) is 0.926. The van der Waals surface area contributed by atoms with E-state index in [1.165, 1.54) is 77.0 Å². The summed E-state index contributed by atoms with van der Waals surface area (Å²) in [5, 5.41) is 24.8. The first-order valence-corrected chi connectivity index (χ1v) is 28.0. The van der Waals surface area contributed by atoms with Crippen LogP contribution in [0.4, 0.5) is 0 Å². The van der Waals surface area contributed by atoms with Gasteiger partial charge in [0.1, 0.15) is 11.6 Å². The first-order valence-electron chi connectivity index (χ1n) is 26.8. The molecular formula is C54H89BrN4O6. The maximum atomic E-state index is 13.5. The summed E-state index contributed by atoms with van der Waals surface area (Å²) in [5.41, 5.74) is -0.415. The second-order valence-electron chi connectivity index (χ2n) is 24.8. The van der Waals surface area contributed by atoms with Crippen LogP contribution < -0.4 is 5.32 Å². The number of amides is 2. The second kappa shape index (κ2) is 20.1. The zero-order valence-electron chi connectivity index (χ0n) is 41.5. The number of Topliss-reactive ketones (excluding diaryl/α,β-unsaturated/α-hetero) is 2. The van der Waals surface area contributed by atoms with E-state index in [1.807, 2.05) is 23.6 Å². The summed E-state index contributed by atoms with van der Waals surface area (Å²) in [6.07, 6.45) is 21.5. The number of fused-ring (bicyclic) bond motifs is 10. The van der Waals surface area contributed by atoms with E-state index in [9.17, 15) is 29.4 Å². The lowest BCUT2D eigenvalue weighted by Crippen LogP contribution is -2.52. The minimum atomic E-state index is -0.446. The molecule has 8 saturated carbocycles. The summed E-state index contributed by atoms with van der Waals surface area (Å²) >= 11 is 3.42. The Morgan fingerprint density at radius 3 is 1.38 bits per heavy atom. The molecule has 16 atom stereocenters. The van der Waals surface area contributed by atoms with Gasteiger partial charge < -0.3 is 25.3 Å². The SMILES string of the molecule is CC(=O)N1CCN(CC(=O)[C@H]2CC[C@H]3[C@@H]4CC[C@@H]5C[C@](C)(O)CC[C@@H]5[C@H]4CC[C@]23C)CC1.CC(=O)N1CCNCC1.C[C@@]1(O)CC[C@H]2[C@H](CC[C@@H]3[C@@H]2CC[C@]2(C)[C@@H](C(=O)CBr)CC[C@@H]32)C1. The van der Waals surface area contributed by atoms with Crippen molar-refractivity contribution in [3.8, 4) is 0 Å². The number of halogens is 1. The summed E-state index contributed by atoms with van der Waals surface area (Å²) < 4.78 is 0. The van der Waals surface area contributed by atoms with Crippen molar-refractivity contribution in [1.29, 1.82) is 0 Å². The summed E-state index contributed by atoms with van der Waals surface area (Å²) in [6, 6.07) is 0. The summed E-state index contributed by atoms with van der Waals surface area (Å²) in [7, 11) is 0. The average molecular weight is 970 g/mol. The fourth-order valence-electron chi connectivity index (χ4n) is 17.8. The van der Waals surface area contributed by atoms with Gasteiger partial charge in [0.25, 0.3) is 0 Å². The van der Waals surface area contributed by atoms with Gasteiger partial charge in [-0.25, -0.2) is 0 Å². The molecule has 2 aliphatic heterocycles. The van der Waals surface area contributed by atoms with Gasteiger partial charge in [-0.3, -0.25) is 24.1 Å². The Morgan fingerprint density at radius 1 is 0.523 bits per heavy atom. The molecule has 368 valence electrons. The second-order valence-corrected chi connectivity index (χ2v) is 25.4. The third kappa shape index (κ3) is 10.4. The normalized spacial score (nSPS) is 45.7. The molecule has 2 amide bonds. The molecule has 0 aromatic rings. The molecule has 0 bridgehead atoms. The Labute approximate surface area is 401 Å². The predicted molar refractivity (Wildman–Crippen MR) is 260 cm³/mol. The van der Waals surface area contributed by atoms with Crippen molar-refractivity contribution >= 4 is 39.3 Å². The van der Waals surface area contributed by atoms with E-state index in [4.69, 9.17) is 0 Å².